The van der Waals surface area contributed by atoms with Crippen LogP contribution in [-0.2, 0) is 6.54 Å². The van der Waals surface area contributed by atoms with E-state index in [-0.39, 0.29) is 5.78 Å². The Labute approximate surface area is 78.1 Å². The normalized spacial score (nSPS) is 10.9. The Morgan fingerprint density at radius 1 is 1.62 bits per heavy atom. The SMILES string of the molecule is CC/C=C/C(=O)c1cnn(CC)c1. The van der Waals surface area contributed by atoms with Crippen molar-refractivity contribution in [1.82, 2.24) is 9.78 Å². The van der Waals surface area contributed by atoms with E-state index in [2.05, 4.69) is 5.10 Å². The van der Waals surface area contributed by atoms with Gasteiger partial charge in [-0.15, -0.1) is 0 Å². The molecule has 1 aromatic rings. The van der Waals surface area contributed by atoms with Gasteiger partial charge >= 0.3 is 0 Å². The van der Waals surface area contributed by atoms with Gasteiger partial charge < -0.3 is 0 Å². The number of allylic oxidation sites excluding steroid dienone is 2. The van der Waals surface area contributed by atoms with E-state index >= 15 is 0 Å². The van der Waals surface area contributed by atoms with Crippen LogP contribution in [0, 0.1) is 0 Å². The third-order valence-electron chi connectivity index (χ3n) is 1.75. The number of rotatable bonds is 4. The van der Waals surface area contributed by atoms with Gasteiger partial charge in [0.1, 0.15) is 0 Å². The summed E-state index contributed by atoms with van der Waals surface area (Å²) in [6.07, 6.45) is 7.70. The van der Waals surface area contributed by atoms with Crippen LogP contribution >= 0.6 is 0 Å². The lowest BCUT2D eigenvalue weighted by Crippen LogP contribution is -1.94. The average molecular weight is 178 g/mol. The second kappa shape index (κ2) is 4.60. The number of carbonyl (C=O) groups excluding carboxylic acids is 1. The Bertz CT molecular complexity index is 312. The second-order valence-electron chi connectivity index (χ2n) is 2.76. The van der Waals surface area contributed by atoms with Gasteiger partial charge in [0.2, 0.25) is 0 Å². The summed E-state index contributed by atoms with van der Waals surface area (Å²) < 4.78 is 1.74. The topological polar surface area (TPSA) is 34.9 Å². The van der Waals surface area contributed by atoms with Crippen molar-refractivity contribution in [2.45, 2.75) is 26.8 Å². The summed E-state index contributed by atoms with van der Waals surface area (Å²) in [6.45, 7) is 4.78. The quantitative estimate of drug-likeness (QED) is 0.522. The summed E-state index contributed by atoms with van der Waals surface area (Å²) in [5.41, 5.74) is 0.659. The Morgan fingerprint density at radius 3 is 2.92 bits per heavy atom. The first kappa shape index (κ1) is 9.71. The number of carbonyl (C=O) groups is 1. The molecule has 0 saturated carbocycles. The first-order valence-electron chi connectivity index (χ1n) is 4.51. The molecule has 0 aliphatic rings. The first-order valence-corrected chi connectivity index (χ1v) is 4.51. The first-order chi connectivity index (χ1) is 6.27. The molecule has 0 N–H and O–H groups in total. The number of hydrogen-bond acceptors (Lipinski definition) is 2. The van der Waals surface area contributed by atoms with Crippen LogP contribution in [0.3, 0.4) is 0 Å². The maximum absolute atomic E-state index is 11.4. The molecule has 70 valence electrons. The van der Waals surface area contributed by atoms with E-state index in [0.717, 1.165) is 13.0 Å². The zero-order valence-electron chi connectivity index (χ0n) is 8.03. The monoisotopic (exact) mass is 178 g/mol. The molecule has 0 radical (unpaired) electrons. The minimum atomic E-state index is 0.0292. The Morgan fingerprint density at radius 2 is 2.38 bits per heavy atom. The van der Waals surface area contributed by atoms with Crippen molar-refractivity contribution in [3.8, 4) is 0 Å². The summed E-state index contributed by atoms with van der Waals surface area (Å²) in [5.74, 6) is 0.0292. The van der Waals surface area contributed by atoms with Crippen molar-refractivity contribution in [2.75, 3.05) is 0 Å². The van der Waals surface area contributed by atoms with E-state index in [9.17, 15) is 4.79 Å². The van der Waals surface area contributed by atoms with E-state index < -0.39 is 0 Å². The maximum atomic E-state index is 11.4. The van der Waals surface area contributed by atoms with Crippen LogP contribution in [0.2, 0.25) is 0 Å². The predicted octanol–water partition coefficient (Wildman–Crippen LogP) is 2.05. The number of ketones is 1. The molecule has 1 rings (SSSR count). The smallest absolute Gasteiger partial charge is 0.188 e. The number of aromatic nitrogens is 2. The molecule has 3 nitrogen and oxygen atoms in total. The van der Waals surface area contributed by atoms with E-state index in [1.807, 2.05) is 19.9 Å². The minimum Gasteiger partial charge on any atom is -0.289 e. The van der Waals surface area contributed by atoms with Gasteiger partial charge in [0.15, 0.2) is 5.78 Å². The number of aryl methyl sites for hydroxylation is 1. The highest BCUT2D eigenvalue weighted by atomic mass is 16.1. The second-order valence-corrected chi connectivity index (χ2v) is 2.76. The van der Waals surface area contributed by atoms with Crippen LogP contribution in [0.5, 0.6) is 0 Å². The van der Waals surface area contributed by atoms with Gasteiger partial charge in [-0.25, -0.2) is 0 Å². The highest BCUT2D eigenvalue weighted by molar-refractivity contribution is 6.04. The lowest BCUT2D eigenvalue weighted by molar-refractivity contribution is 0.104. The van der Waals surface area contributed by atoms with Gasteiger partial charge in [-0.2, -0.15) is 5.10 Å². The molecule has 0 aromatic carbocycles. The van der Waals surface area contributed by atoms with Crippen LogP contribution in [-0.4, -0.2) is 15.6 Å². The molecular formula is C10H14N2O. The zero-order valence-corrected chi connectivity index (χ0v) is 8.03. The molecule has 0 spiro atoms. The van der Waals surface area contributed by atoms with Gasteiger partial charge in [-0.1, -0.05) is 13.0 Å². The third kappa shape index (κ3) is 2.54. The maximum Gasteiger partial charge on any atom is 0.188 e. The fourth-order valence-corrected chi connectivity index (χ4v) is 0.985. The van der Waals surface area contributed by atoms with E-state index in [1.165, 1.54) is 0 Å². The average Bonchev–Trinajstić information content (AvgIpc) is 2.62. The summed E-state index contributed by atoms with van der Waals surface area (Å²) in [4.78, 5) is 11.4. The summed E-state index contributed by atoms with van der Waals surface area (Å²) in [5, 5.41) is 4.03. The highest BCUT2D eigenvalue weighted by Crippen LogP contribution is 2.00. The van der Waals surface area contributed by atoms with Crippen LogP contribution < -0.4 is 0 Å². The molecule has 0 unspecified atom stereocenters. The van der Waals surface area contributed by atoms with Gasteiger partial charge in [0.05, 0.1) is 11.8 Å². The molecule has 13 heavy (non-hydrogen) atoms. The molecule has 0 saturated heterocycles. The van der Waals surface area contributed by atoms with Gasteiger partial charge in [-0.05, 0) is 19.4 Å². The van der Waals surface area contributed by atoms with Crippen molar-refractivity contribution in [3.63, 3.8) is 0 Å². The molecular weight excluding hydrogens is 164 g/mol. The third-order valence-corrected chi connectivity index (χ3v) is 1.75. The van der Waals surface area contributed by atoms with E-state index in [1.54, 1.807) is 23.2 Å². The van der Waals surface area contributed by atoms with Crippen molar-refractivity contribution < 1.29 is 4.79 Å². The molecule has 0 amide bonds. The standard InChI is InChI=1S/C10H14N2O/c1-3-5-6-10(13)9-7-11-12(4-2)8-9/h5-8H,3-4H2,1-2H3/b6-5+. The molecule has 0 atom stereocenters. The van der Waals surface area contributed by atoms with Crippen LogP contribution in [0.15, 0.2) is 24.5 Å². The highest BCUT2D eigenvalue weighted by Gasteiger charge is 2.03. The lowest BCUT2D eigenvalue weighted by atomic mass is 10.2. The predicted molar refractivity (Wildman–Crippen MR) is 51.7 cm³/mol. The van der Waals surface area contributed by atoms with Crippen LogP contribution in [0.4, 0.5) is 0 Å². The van der Waals surface area contributed by atoms with Crippen molar-refractivity contribution in [2.24, 2.45) is 0 Å². The number of nitrogens with zero attached hydrogens (tertiary/aromatic N) is 2. The summed E-state index contributed by atoms with van der Waals surface area (Å²) >= 11 is 0. The Balaban J connectivity index is 2.71. The molecule has 1 aromatic heterocycles. The van der Waals surface area contributed by atoms with Gasteiger partial charge in [0, 0.05) is 12.7 Å². The minimum absolute atomic E-state index is 0.0292. The number of hydrogen-bond donors (Lipinski definition) is 0. The van der Waals surface area contributed by atoms with Crippen molar-refractivity contribution in [1.29, 1.82) is 0 Å². The fraction of sp³-hybridized carbons (Fsp3) is 0.400. The Hall–Kier alpha value is -1.38. The lowest BCUT2D eigenvalue weighted by Gasteiger charge is -1.90. The molecule has 3 heteroatoms. The molecule has 0 aliphatic heterocycles. The largest absolute Gasteiger partial charge is 0.289 e. The van der Waals surface area contributed by atoms with E-state index in [0.29, 0.717) is 5.56 Å². The van der Waals surface area contributed by atoms with Gasteiger partial charge in [-0.3, -0.25) is 9.48 Å². The zero-order chi connectivity index (χ0) is 9.68. The van der Waals surface area contributed by atoms with Crippen LogP contribution in [0.1, 0.15) is 30.6 Å². The van der Waals surface area contributed by atoms with Crippen molar-refractivity contribution in [3.05, 3.63) is 30.1 Å². The van der Waals surface area contributed by atoms with Crippen molar-refractivity contribution >= 4 is 5.78 Å². The Kier molecular flexibility index (Phi) is 3.43. The molecule has 0 fully saturated rings. The summed E-state index contributed by atoms with van der Waals surface area (Å²) in [7, 11) is 0. The fourth-order valence-electron chi connectivity index (χ4n) is 0.985. The van der Waals surface area contributed by atoms with Gasteiger partial charge in [0.25, 0.3) is 0 Å². The molecule has 0 bridgehead atoms. The molecule has 1 heterocycles. The summed E-state index contributed by atoms with van der Waals surface area (Å²) in [6, 6.07) is 0. The van der Waals surface area contributed by atoms with E-state index in [4.69, 9.17) is 0 Å². The van der Waals surface area contributed by atoms with Crippen LogP contribution in [0.25, 0.3) is 0 Å². The molecule has 0 aliphatic carbocycles.